The molecule has 3 nitrogen and oxygen atoms in total. The maximum Gasteiger partial charge on any atom is 0.124 e. The predicted molar refractivity (Wildman–Crippen MR) is 87.9 cm³/mol. The number of hydrogen-bond acceptors (Lipinski definition) is 3. The SMILES string of the molecule is CCOc1ccccc1[C@@H](N)[C@@H](O)Cc1ccccc1.Cl. The van der Waals surface area contributed by atoms with Crippen LogP contribution in [0.5, 0.6) is 5.75 Å². The second-order valence-electron chi connectivity index (χ2n) is 4.75. The zero-order valence-electron chi connectivity index (χ0n) is 12.1. The summed E-state index contributed by atoms with van der Waals surface area (Å²) in [7, 11) is 0. The Labute approximate surface area is 132 Å². The van der Waals surface area contributed by atoms with Gasteiger partial charge in [0.25, 0.3) is 0 Å². The van der Waals surface area contributed by atoms with Gasteiger partial charge in [0, 0.05) is 12.0 Å². The second kappa shape index (κ2) is 8.67. The van der Waals surface area contributed by atoms with Crippen molar-refractivity contribution in [3.63, 3.8) is 0 Å². The Morgan fingerprint density at radius 1 is 1.05 bits per heavy atom. The maximum absolute atomic E-state index is 10.3. The van der Waals surface area contributed by atoms with E-state index in [4.69, 9.17) is 10.5 Å². The number of rotatable bonds is 6. The quantitative estimate of drug-likeness (QED) is 0.862. The van der Waals surface area contributed by atoms with Gasteiger partial charge in [0.05, 0.1) is 18.8 Å². The van der Waals surface area contributed by atoms with Crippen LogP contribution in [-0.4, -0.2) is 17.8 Å². The number of ether oxygens (including phenoxy) is 1. The van der Waals surface area contributed by atoms with Crippen LogP contribution >= 0.6 is 12.4 Å². The molecule has 3 N–H and O–H groups in total. The first-order chi connectivity index (χ1) is 9.72. The Kier molecular flexibility index (Phi) is 7.23. The molecular weight excluding hydrogens is 286 g/mol. The molecule has 0 aliphatic carbocycles. The van der Waals surface area contributed by atoms with Crippen LogP contribution in [-0.2, 0) is 6.42 Å². The number of aliphatic hydroxyl groups excluding tert-OH is 1. The molecule has 0 fully saturated rings. The molecule has 0 radical (unpaired) electrons. The van der Waals surface area contributed by atoms with E-state index in [9.17, 15) is 5.11 Å². The molecule has 2 rings (SSSR count). The average Bonchev–Trinajstić information content (AvgIpc) is 2.48. The first-order valence-electron chi connectivity index (χ1n) is 6.91. The van der Waals surface area contributed by atoms with Crippen LogP contribution in [0.2, 0.25) is 0 Å². The highest BCUT2D eigenvalue weighted by Gasteiger charge is 2.20. The van der Waals surface area contributed by atoms with Crippen molar-refractivity contribution in [1.82, 2.24) is 0 Å². The number of benzene rings is 2. The van der Waals surface area contributed by atoms with Gasteiger partial charge in [-0.1, -0.05) is 48.5 Å². The van der Waals surface area contributed by atoms with Crippen LogP contribution in [0.4, 0.5) is 0 Å². The molecule has 0 amide bonds. The van der Waals surface area contributed by atoms with Crippen molar-refractivity contribution in [2.45, 2.75) is 25.5 Å². The molecule has 4 heteroatoms. The summed E-state index contributed by atoms with van der Waals surface area (Å²) in [6.45, 7) is 2.52. The fourth-order valence-corrected chi connectivity index (χ4v) is 2.23. The first-order valence-corrected chi connectivity index (χ1v) is 6.91. The maximum atomic E-state index is 10.3. The number of hydrogen-bond donors (Lipinski definition) is 2. The van der Waals surface area contributed by atoms with Crippen molar-refractivity contribution in [3.05, 3.63) is 65.7 Å². The molecule has 0 heterocycles. The summed E-state index contributed by atoms with van der Waals surface area (Å²) < 4.78 is 5.57. The standard InChI is InChI=1S/C17H21NO2.ClH/c1-2-20-16-11-7-6-10-14(16)17(18)15(19)12-13-8-4-3-5-9-13;/h3-11,15,17,19H,2,12,18H2,1H3;1H/t15-,17+;/m0./s1. The molecular formula is C17H22ClNO2. The lowest BCUT2D eigenvalue weighted by Crippen LogP contribution is -2.28. The topological polar surface area (TPSA) is 55.5 Å². The summed E-state index contributed by atoms with van der Waals surface area (Å²) in [5, 5.41) is 10.3. The van der Waals surface area contributed by atoms with E-state index < -0.39 is 12.1 Å². The largest absolute Gasteiger partial charge is 0.494 e. The van der Waals surface area contributed by atoms with Gasteiger partial charge in [-0.15, -0.1) is 12.4 Å². The zero-order valence-corrected chi connectivity index (χ0v) is 12.9. The zero-order chi connectivity index (χ0) is 14.4. The lowest BCUT2D eigenvalue weighted by molar-refractivity contribution is 0.143. The van der Waals surface area contributed by atoms with Gasteiger partial charge in [-0.05, 0) is 18.6 Å². The Morgan fingerprint density at radius 2 is 1.67 bits per heavy atom. The predicted octanol–water partition coefficient (Wildman–Crippen LogP) is 3.11. The van der Waals surface area contributed by atoms with E-state index in [1.807, 2.05) is 61.5 Å². The minimum atomic E-state index is -0.640. The molecule has 114 valence electrons. The fourth-order valence-electron chi connectivity index (χ4n) is 2.23. The van der Waals surface area contributed by atoms with Crippen LogP contribution in [0.15, 0.2) is 54.6 Å². The normalized spacial score (nSPS) is 13.1. The molecule has 2 aromatic rings. The second-order valence-corrected chi connectivity index (χ2v) is 4.75. The third-order valence-corrected chi connectivity index (χ3v) is 3.28. The van der Waals surface area contributed by atoms with E-state index in [-0.39, 0.29) is 12.4 Å². The summed E-state index contributed by atoms with van der Waals surface area (Å²) in [6.07, 6.45) is -0.110. The minimum absolute atomic E-state index is 0. The van der Waals surface area contributed by atoms with Gasteiger partial charge in [-0.2, -0.15) is 0 Å². The van der Waals surface area contributed by atoms with Gasteiger partial charge in [0.15, 0.2) is 0 Å². The van der Waals surface area contributed by atoms with E-state index >= 15 is 0 Å². The average molecular weight is 308 g/mol. The molecule has 0 aliphatic heterocycles. The lowest BCUT2D eigenvalue weighted by Gasteiger charge is -2.21. The van der Waals surface area contributed by atoms with Crippen LogP contribution in [0, 0.1) is 0 Å². The highest BCUT2D eigenvalue weighted by atomic mass is 35.5. The minimum Gasteiger partial charge on any atom is -0.494 e. The van der Waals surface area contributed by atoms with E-state index in [1.54, 1.807) is 0 Å². The summed E-state index contributed by atoms with van der Waals surface area (Å²) in [6, 6.07) is 17.0. The van der Waals surface area contributed by atoms with Crippen molar-refractivity contribution in [2.75, 3.05) is 6.61 Å². The first kappa shape index (κ1) is 17.5. The molecule has 2 aromatic carbocycles. The molecule has 21 heavy (non-hydrogen) atoms. The molecule has 0 saturated carbocycles. The lowest BCUT2D eigenvalue weighted by atomic mass is 9.96. The van der Waals surface area contributed by atoms with Gasteiger partial charge in [-0.3, -0.25) is 0 Å². The number of halogens is 1. The fraction of sp³-hybridized carbons (Fsp3) is 0.294. The van der Waals surface area contributed by atoms with Crippen molar-refractivity contribution >= 4 is 12.4 Å². The Bertz CT molecular complexity index is 533. The molecule has 0 spiro atoms. The Morgan fingerprint density at radius 3 is 2.33 bits per heavy atom. The number of aliphatic hydroxyl groups is 1. The van der Waals surface area contributed by atoms with Crippen LogP contribution in [0.1, 0.15) is 24.1 Å². The molecule has 0 unspecified atom stereocenters. The van der Waals surface area contributed by atoms with Crippen molar-refractivity contribution in [1.29, 1.82) is 0 Å². The van der Waals surface area contributed by atoms with E-state index in [0.717, 1.165) is 16.9 Å². The van der Waals surface area contributed by atoms with Crippen molar-refractivity contribution in [3.8, 4) is 5.75 Å². The smallest absolute Gasteiger partial charge is 0.124 e. The van der Waals surface area contributed by atoms with Gasteiger partial charge < -0.3 is 15.6 Å². The molecule has 2 atom stereocenters. The van der Waals surface area contributed by atoms with Gasteiger partial charge in [0.2, 0.25) is 0 Å². The monoisotopic (exact) mass is 307 g/mol. The van der Waals surface area contributed by atoms with E-state index in [0.29, 0.717) is 13.0 Å². The van der Waals surface area contributed by atoms with Crippen LogP contribution in [0.25, 0.3) is 0 Å². The summed E-state index contributed by atoms with van der Waals surface area (Å²) in [5.41, 5.74) is 8.11. The summed E-state index contributed by atoms with van der Waals surface area (Å²) in [5.74, 6) is 0.745. The van der Waals surface area contributed by atoms with E-state index in [1.165, 1.54) is 0 Å². The van der Waals surface area contributed by atoms with Crippen LogP contribution < -0.4 is 10.5 Å². The third kappa shape index (κ3) is 4.74. The third-order valence-electron chi connectivity index (χ3n) is 3.28. The van der Waals surface area contributed by atoms with E-state index in [2.05, 4.69) is 0 Å². The molecule has 0 aromatic heterocycles. The van der Waals surface area contributed by atoms with Gasteiger partial charge in [-0.25, -0.2) is 0 Å². The Balaban J connectivity index is 0.00000220. The highest BCUT2D eigenvalue weighted by molar-refractivity contribution is 5.85. The highest BCUT2D eigenvalue weighted by Crippen LogP contribution is 2.26. The molecule has 0 saturated heterocycles. The number of nitrogens with two attached hydrogens (primary N) is 1. The Hall–Kier alpha value is -1.55. The molecule has 0 aliphatic rings. The van der Waals surface area contributed by atoms with Crippen LogP contribution in [0.3, 0.4) is 0 Å². The van der Waals surface area contributed by atoms with Crippen molar-refractivity contribution < 1.29 is 9.84 Å². The summed E-state index contributed by atoms with van der Waals surface area (Å²) in [4.78, 5) is 0. The van der Waals surface area contributed by atoms with Gasteiger partial charge in [0.1, 0.15) is 5.75 Å². The molecule has 0 bridgehead atoms. The van der Waals surface area contributed by atoms with Crippen molar-refractivity contribution in [2.24, 2.45) is 5.73 Å². The number of para-hydroxylation sites is 1. The van der Waals surface area contributed by atoms with Gasteiger partial charge >= 0.3 is 0 Å². The summed E-state index contributed by atoms with van der Waals surface area (Å²) >= 11 is 0.